The normalized spacial score (nSPS) is 11.9. The minimum absolute atomic E-state index is 0.0250. The Morgan fingerprint density at radius 2 is 1.87 bits per heavy atom. The summed E-state index contributed by atoms with van der Waals surface area (Å²) in [6.07, 6.45) is 0.805. The fourth-order valence-corrected chi connectivity index (χ4v) is 3.25. The van der Waals surface area contributed by atoms with Crippen LogP contribution >= 0.6 is 0 Å². The van der Waals surface area contributed by atoms with Crippen molar-refractivity contribution in [3.63, 3.8) is 0 Å². The third-order valence-corrected chi connectivity index (χ3v) is 5.00. The Labute approximate surface area is 175 Å². The van der Waals surface area contributed by atoms with E-state index in [9.17, 15) is 9.59 Å². The molecule has 0 saturated carbocycles. The lowest BCUT2D eigenvalue weighted by Gasteiger charge is -2.15. The molecule has 0 saturated heterocycles. The van der Waals surface area contributed by atoms with Crippen molar-refractivity contribution >= 4 is 16.9 Å². The van der Waals surface area contributed by atoms with Gasteiger partial charge in [-0.25, -0.2) is 0 Å². The topological polar surface area (TPSA) is 77.8 Å². The van der Waals surface area contributed by atoms with E-state index in [4.69, 9.17) is 13.9 Å². The van der Waals surface area contributed by atoms with Crippen molar-refractivity contribution in [1.82, 2.24) is 5.32 Å². The van der Waals surface area contributed by atoms with Crippen LogP contribution < -0.4 is 20.2 Å². The van der Waals surface area contributed by atoms with Gasteiger partial charge in [0.2, 0.25) is 11.2 Å². The maximum atomic E-state index is 13.3. The highest BCUT2D eigenvalue weighted by Gasteiger charge is 2.20. The highest BCUT2D eigenvalue weighted by Crippen LogP contribution is 2.33. The van der Waals surface area contributed by atoms with Gasteiger partial charge in [-0.15, -0.1) is 0 Å². The lowest BCUT2D eigenvalue weighted by Crippen LogP contribution is -2.36. The molecule has 1 N–H and O–H groups in total. The number of fused-ring (bicyclic) bond motifs is 1. The van der Waals surface area contributed by atoms with Gasteiger partial charge in [0, 0.05) is 11.6 Å². The molecule has 0 aliphatic heterocycles. The summed E-state index contributed by atoms with van der Waals surface area (Å²) in [6.45, 7) is 7.45. The maximum absolute atomic E-state index is 13.3. The Hall–Kier alpha value is -3.28. The smallest absolute Gasteiger partial charge is 0.258 e. The first-order valence-corrected chi connectivity index (χ1v) is 9.98. The van der Waals surface area contributed by atoms with E-state index in [1.165, 1.54) is 0 Å². The van der Waals surface area contributed by atoms with Crippen molar-refractivity contribution in [2.45, 2.75) is 40.2 Å². The van der Waals surface area contributed by atoms with Crippen LogP contribution in [0.2, 0.25) is 0 Å². The first kappa shape index (κ1) is 21.4. The molecule has 1 amide bonds. The second-order valence-corrected chi connectivity index (χ2v) is 7.44. The molecule has 3 aromatic rings. The lowest BCUT2D eigenvalue weighted by atomic mass is 10.1. The summed E-state index contributed by atoms with van der Waals surface area (Å²) >= 11 is 0. The van der Waals surface area contributed by atoms with E-state index in [2.05, 4.69) is 5.32 Å². The number of carbonyl (C=O) groups excluding carboxylic acids is 1. The number of ether oxygens (including phenoxy) is 2. The Morgan fingerprint density at radius 1 is 1.17 bits per heavy atom. The average molecular weight is 409 g/mol. The van der Waals surface area contributed by atoms with Crippen molar-refractivity contribution in [2.24, 2.45) is 0 Å². The predicted octanol–water partition coefficient (Wildman–Crippen LogP) is 4.38. The fourth-order valence-electron chi connectivity index (χ4n) is 3.25. The largest absolute Gasteiger partial charge is 0.497 e. The third kappa shape index (κ3) is 4.48. The zero-order chi connectivity index (χ0) is 21.8. The molecule has 1 heterocycles. The van der Waals surface area contributed by atoms with E-state index in [0.29, 0.717) is 28.0 Å². The number of carbonyl (C=O) groups is 1. The van der Waals surface area contributed by atoms with E-state index in [1.807, 2.05) is 33.8 Å². The van der Waals surface area contributed by atoms with Crippen LogP contribution in [-0.2, 0) is 4.79 Å². The van der Waals surface area contributed by atoms with Crippen LogP contribution in [0.1, 0.15) is 31.4 Å². The number of nitrogens with one attached hydrogen (secondary N) is 1. The number of benzene rings is 2. The SMILES string of the molecule is CCC(C)NC(=O)COc1c(-c2ccc(OC)cc2)oc2c(C)cc(C)cc2c1=O. The van der Waals surface area contributed by atoms with Gasteiger partial charge >= 0.3 is 0 Å². The molecular formula is C24H27NO5. The molecule has 30 heavy (non-hydrogen) atoms. The molecule has 0 radical (unpaired) electrons. The van der Waals surface area contributed by atoms with Crippen LogP contribution in [-0.4, -0.2) is 25.7 Å². The summed E-state index contributed by atoms with van der Waals surface area (Å²) in [5, 5.41) is 3.27. The second-order valence-electron chi connectivity index (χ2n) is 7.44. The molecule has 1 aromatic heterocycles. The van der Waals surface area contributed by atoms with E-state index in [1.54, 1.807) is 37.4 Å². The van der Waals surface area contributed by atoms with Gasteiger partial charge in [0.05, 0.1) is 12.5 Å². The summed E-state index contributed by atoms with van der Waals surface area (Å²) in [5.41, 5.74) is 2.67. The lowest BCUT2D eigenvalue weighted by molar-refractivity contribution is -0.123. The van der Waals surface area contributed by atoms with Gasteiger partial charge < -0.3 is 19.2 Å². The standard InChI is InChI=1S/C24H27NO5/c1-6-16(4)25-20(26)13-29-24-21(27)19-12-14(2)11-15(3)22(19)30-23(24)17-7-9-18(28-5)10-8-17/h7-12,16H,6,13H2,1-5H3,(H,25,26). The number of hydrogen-bond donors (Lipinski definition) is 1. The molecule has 6 heteroatoms. The van der Waals surface area contributed by atoms with Gasteiger partial charge in [0.25, 0.3) is 5.91 Å². The van der Waals surface area contributed by atoms with Crippen LogP contribution in [0.15, 0.2) is 45.6 Å². The number of aryl methyl sites for hydroxylation is 2. The van der Waals surface area contributed by atoms with Crippen LogP contribution in [0, 0.1) is 13.8 Å². The zero-order valence-corrected chi connectivity index (χ0v) is 18.0. The van der Waals surface area contributed by atoms with Crippen molar-refractivity contribution in [2.75, 3.05) is 13.7 Å². The average Bonchev–Trinajstić information content (AvgIpc) is 2.73. The van der Waals surface area contributed by atoms with Crippen LogP contribution in [0.3, 0.4) is 0 Å². The molecule has 1 atom stereocenters. The minimum atomic E-state index is -0.301. The number of methoxy groups -OCH3 is 1. The molecule has 1 unspecified atom stereocenters. The molecule has 2 aromatic carbocycles. The highest BCUT2D eigenvalue weighted by molar-refractivity contribution is 5.85. The minimum Gasteiger partial charge on any atom is -0.497 e. The van der Waals surface area contributed by atoms with Crippen LogP contribution in [0.25, 0.3) is 22.3 Å². The highest BCUT2D eigenvalue weighted by atomic mass is 16.5. The third-order valence-electron chi connectivity index (χ3n) is 5.00. The molecule has 158 valence electrons. The van der Waals surface area contributed by atoms with Crippen molar-refractivity contribution in [3.05, 3.63) is 57.7 Å². The van der Waals surface area contributed by atoms with Crippen molar-refractivity contribution < 1.29 is 18.7 Å². The summed E-state index contributed by atoms with van der Waals surface area (Å²) in [6, 6.07) is 10.9. The Balaban J connectivity index is 2.10. The quantitative estimate of drug-likeness (QED) is 0.627. The summed E-state index contributed by atoms with van der Waals surface area (Å²) in [5.74, 6) is 0.712. The van der Waals surface area contributed by atoms with Gasteiger partial charge in [-0.2, -0.15) is 0 Å². The van der Waals surface area contributed by atoms with Crippen molar-refractivity contribution in [1.29, 1.82) is 0 Å². The fraction of sp³-hybridized carbons (Fsp3) is 0.333. The molecule has 0 fully saturated rings. The maximum Gasteiger partial charge on any atom is 0.258 e. The van der Waals surface area contributed by atoms with Gasteiger partial charge in [-0.05, 0) is 68.7 Å². The molecule has 0 aliphatic carbocycles. The number of rotatable bonds is 7. The molecule has 0 spiro atoms. The Morgan fingerprint density at radius 3 is 2.50 bits per heavy atom. The molecule has 3 rings (SSSR count). The van der Waals surface area contributed by atoms with Crippen molar-refractivity contribution in [3.8, 4) is 22.8 Å². The molecule has 0 aliphatic rings. The first-order chi connectivity index (χ1) is 14.3. The van der Waals surface area contributed by atoms with E-state index < -0.39 is 0 Å². The molecular weight excluding hydrogens is 382 g/mol. The van der Waals surface area contributed by atoms with Gasteiger partial charge in [-0.1, -0.05) is 13.0 Å². The Kier molecular flexibility index (Phi) is 6.45. The second kappa shape index (κ2) is 9.03. The first-order valence-electron chi connectivity index (χ1n) is 9.98. The van der Waals surface area contributed by atoms with E-state index in [-0.39, 0.29) is 29.7 Å². The Bertz CT molecular complexity index is 1120. The zero-order valence-electron chi connectivity index (χ0n) is 18.0. The van der Waals surface area contributed by atoms with Crippen LogP contribution in [0.4, 0.5) is 0 Å². The number of amides is 1. The van der Waals surface area contributed by atoms with Gasteiger partial charge in [0.1, 0.15) is 11.3 Å². The van der Waals surface area contributed by atoms with Gasteiger partial charge in [0.15, 0.2) is 12.4 Å². The van der Waals surface area contributed by atoms with E-state index >= 15 is 0 Å². The number of hydrogen-bond acceptors (Lipinski definition) is 5. The molecule has 6 nitrogen and oxygen atoms in total. The van der Waals surface area contributed by atoms with Crippen LogP contribution in [0.5, 0.6) is 11.5 Å². The summed E-state index contributed by atoms with van der Waals surface area (Å²) < 4.78 is 17.1. The van der Waals surface area contributed by atoms with Gasteiger partial charge in [-0.3, -0.25) is 9.59 Å². The predicted molar refractivity (Wildman–Crippen MR) is 117 cm³/mol. The summed E-state index contributed by atoms with van der Waals surface area (Å²) in [7, 11) is 1.58. The van der Waals surface area contributed by atoms with E-state index in [0.717, 1.165) is 17.5 Å². The molecule has 0 bridgehead atoms. The summed E-state index contributed by atoms with van der Waals surface area (Å²) in [4.78, 5) is 25.5. The monoisotopic (exact) mass is 409 g/mol.